The molecule has 0 saturated heterocycles. The summed E-state index contributed by atoms with van der Waals surface area (Å²) < 4.78 is 1.67. The molecule has 0 aliphatic carbocycles. The van der Waals surface area contributed by atoms with Crippen molar-refractivity contribution in [1.82, 2.24) is 9.78 Å². The number of hydrogen-bond donors (Lipinski definition) is 1. The quantitative estimate of drug-likeness (QED) is 0.830. The van der Waals surface area contributed by atoms with Crippen molar-refractivity contribution in [3.63, 3.8) is 0 Å². The van der Waals surface area contributed by atoms with Gasteiger partial charge in [0, 0.05) is 11.8 Å². The third-order valence-corrected chi connectivity index (χ3v) is 2.78. The molecule has 0 fully saturated rings. The van der Waals surface area contributed by atoms with E-state index in [4.69, 9.17) is 18.0 Å². The number of aromatic nitrogens is 2. The summed E-state index contributed by atoms with van der Waals surface area (Å²) in [6.07, 6.45) is 0. The average molecular weight is 259 g/mol. The van der Waals surface area contributed by atoms with Gasteiger partial charge in [0.15, 0.2) is 5.69 Å². The van der Waals surface area contributed by atoms with Gasteiger partial charge in [-0.1, -0.05) is 24.4 Å². The van der Waals surface area contributed by atoms with Crippen LogP contribution in [0.15, 0.2) is 35.1 Å². The van der Waals surface area contributed by atoms with Gasteiger partial charge in [0.05, 0.1) is 5.69 Å². The summed E-state index contributed by atoms with van der Waals surface area (Å²) in [6.45, 7) is 3.82. The van der Waals surface area contributed by atoms with Crippen LogP contribution < -0.4 is 11.2 Å². The lowest BCUT2D eigenvalue weighted by atomic mass is 10.2. The summed E-state index contributed by atoms with van der Waals surface area (Å²) in [6, 6.07) is 9.32. The first kappa shape index (κ1) is 12.4. The van der Waals surface area contributed by atoms with Gasteiger partial charge in [-0.15, -0.1) is 0 Å². The molecule has 1 aromatic heterocycles. The minimum absolute atomic E-state index is 0.0152. The second kappa shape index (κ2) is 4.70. The highest BCUT2D eigenvalue weighted by atomic mass is 32.1. The zero-order valence-corrected chi connectivity index (χ0v) is 11.0. The fourth-order valence-corrected chi connectivity index (χ4v) is 1.88. The van der Waals surface area contributed by atoms with Gasteiger partial charge in [0.2, 0.25) is 5.43 Å². The van der Waals surface area contributed by atoms with Gasteiger partial charge in [0.1, 0.15) is 4.99 Å². The third-order valence-electron chi connectivity index (χ3n) is 2.59. The predicted molar refractivity (Wildman–Crippen MR) is 75.2 cm³/mol. The van der Waals surface area contributed by atoms with Crippen LogP contribution in [0.3, 0.4) is 0 Å². The zero-order valence-electron chi connectivity index (χ0n) is 10.2. The van der Waals surface area contributed by atoms with Crippen molar-refractivity contribution in [1.29, 1.82) is 0 Å². The van der Waals surface area contributed by atoms with E-state index in [2.05, 4.69) is 5.10 Å². The van der Waals surface area contributed by atoms with Gasteiger partial charge in [-0.25, -0.2) is 4.68 Å². The number of benzene rings is 1. The van der Waals surface area contributed by atoms with Gasteiger partial charge in [-0.2, -0.15) is 5.10 Å². The topological polar surface area (TPSA) is 60.9 Å². The smallest absolute Gasteiger partial charge is 0.210 e. The van der Waals surface area contributed by atoms with Crippen LogP contribution in [0.1, 0.15) is 17.0 Å². The monoisotopic (exact) mass is 259 g/mol. The number of nitrogens with zero attached hydrogens (tertiary/aromatic N) is 2. The molecule has 0 radical (unpaired) electrons. The van der Waals surface area contributed by atoms with Crippen LogP contribution in [-0.4, -0.2) is 14.8 Å². The van der Waals surface area contributed by atoms with Gasteiger partial charge in [-0.05, 0) is 31.5 Å². The fraction of sp³-hybridized carbons (Fsp3) is 0.154. The Kier molecular flexibility index (Phi) is 3.25. The summed E-state index contributed by atoms with van der Waals surface area (Å²) in [4.78, 5) is 11.7. The van der Waals surface area contributed by atoms with E-state index >= 15 is 0 Å². The highest BCUT2D eigenvalue weighted by Gasteiger charge is 2.09. The molecule has 2 aromatic rings. The molecule has 18 heavy (non-hydrogen) atoms. The average Bonchev–Trinajstić information content (AvgIpc) is 2.28. The van der Waals surface area contributed by atoms with Crippen LogP contribution in [0.25, 0.3) is 5.69 Å². The number of thiocarbonyl (C=S) groups is 1. The minimum Gasteiger partial charge on any atom is -0.388 e. The van der Waals surface area contributed by atoms with E-state index < -0.39 is 0 Å². The summed E-state index contributed by atoms with van der Waals surface area (Å²) in [5.74, 6) is 0. The molecule has 0 aliphatic heterocycles. The number of rotatable bonds is 2. The third kappa shape index (κ3) is 2.31. The molecule has 1 heterocycles. The summed E-state index contributed by atoms with van der Waals surface area (Å²) >= 11 is 4.83. The van der Waals surface area contributed by atoms with Gasteiger partial charge < -0.3 is 5.73 Å². The fourth-order valence-electron chi connectivity index (χ4n) is 1.74. The van der Waals surface area contributed by atoms with Gasteiger partial charge in [0.25, 0.3) is 0 Å². The Labute approximate surface area is 110 Å². The maximum atomic E-state index is 11.7. The van der Waals surface area contributed by atoms with E-state index in [0.29, 0.717) is 0 Å². The molecule has 2 N–H and O–H groups in total. The summed E-state index contributed by atoms with van der Waals surface area (Å²) in [5.41, 5.74) is 8.11. The van der Waals surface area contributed by atoms with Crippen LogP contribution >= 0.6 is 12.2 Å². The van der Waals surface area contributed by atoms with E-state index in [1.165, 1.54) is 6.07 Å². The Morgan fingerprint density at radius 2 is 2.06 bits per heavy atom. The Bertz CT molecular complexity index is 676. The Balaban J connectivity index is 2.68. The maximum Gasteiger partial charge on any atom is 0.210 e. The standard InChI is InChI=1S/C13H13N3OS/c1-8-4-3-5-10(6-8)16-9(2)7-11(17)12(15-16)13(14)18/h3-7H,1-2H3,(H2,14,18). The second-order valence-corrected chi connectivity index (χ2v) is 4.55. The molecular weight excluding hydrogens is 246 g/mol. The lowest BCUT2D eigenvalue weighted by Crippen LogP contribution is -2.26. The maximum absolute atomic E-state index is 11.7. The lowest BCUT2D eigenvalue weighted by molar-refractivity contribution is 0.793. The molecule has 5 heteroatoms. The van der Waals surface area contributed by atoms with Crippen molar-refractivity contribution in [3.05, 3.63) is 57.5 Å². The van der Waals surface area contributed by atoms with Gasteiger partial charge in [-0.3, -0.25) is 4.79 Å². The first-order valence-corrected chi connectivity index (χ1v) is 5.87. The first-order chi connectivity index (χ1) is 8.49. The Morgan fingerprint density at radius 1 is 1.33 bits per heavy atom. The van der Waals surface area contributed by atoms with Gasteiger partial charge >= 0.3 is 0 Å². The second-order valence-electron chi connectivity index (χ2n) is 4.11. The lowest BCUT2D eigenvalue weighted by Gasteiger charge is -2.11. The van der Waals surface area contributed by atoms with Crippen LogP contribution in [0, 0.1) is 13.8 Å². The van der Waals surface area contributed by atoms with E-state index in [1.807, 2.05) is 38.1 Å². The zero-order chi connectivity index (χ0) is 13.3. The molecule has 0 aliphatic rings. The van der Waals surface area contributed by atoms with Crippen molar-refractivity contribution in [2.24, 2.45) is 5.73 Å². The van der Waals surface area contributed by atoms with Crippen molar-refractivity contribution >= 4 is 17.2 Å². The Morgan fingerprint density at radius 3 is 2.67 bits per heavy atom. The molecule has 0 amide bonds. The predicted octanol–water partition coefficient (Wildman–Crippen LogP) is 1.48. The number of aryl methyl sites for hydroxylation is 2. The summed E-state index contributed by atoms with van der Waals surface area (Å²) in [7, 11) is 0. The molecule has 0 saturated carbocycles. The highest BCUT2D eigenvalue weighted by molar-refractivity contribution is 7.80. The number of hydrogen-bond acceptors (Lipinski definition) is 3. The van der Waals surface area contributed by atoms with E-state index in [-0.39, 0.29) is 16.1 Å². The molecule has 1 aromatic carbocycles. The van der Waals surface area contributed by atoms with Crippen molar-refractivity contribution in [2.75, 3.05) is 0 Å². The summed E-state index contributed by atoms with van der Waals surface area (Å²) in [5, 5.41) is 4.22. The van der Waals surface area contributed by atoms with Crippen molar-refractivity contribution < 1.29 is 0 Å². The normalized spacial score (nSPS) is 10.3. The first-order valence-electron chi connectivity index (χ1n) is 5.47. The molecule has 92 valence electrons. The largest absolute Gasteiger partial charge is 0.388 e. The van der Waals surface area contributed by atoms with E-state index in [1.54, 1.807) is 4.68 Å². The minimum atomic E-state index is -0.246. The van der Waals surface area contributed by atoms with Crippen LogP contribution in [0.5, 0.6) is 0 Å². The van der Waals surface area contributed by atoms with E-state index in [9.17, 15) is 4.79 Å². The molecule has 2 rings (SSSR count). The van der Waals surface area contributed by atoms with Crippen molar-refractivity contribution in [2.45, 2.75) is 13.8 Å². The molecule has 0 unspecified atom stereocenters. The number of nitrogens with two attached hydrogens (primary N) is 1. The molecule has 0 bridgehead atoms. The highest BCUT2D eigenvalue weighted by Crippen LogP contribution is 2.10. The molecule has 4 nitrogen and oxygen atoms in total. The van der Waals surface area contributed by atoms with Crippen LogP contribution in [0.4, 0.5) is 0 Å². The van der Waals surface area contributed by atoms with Crippen LogP contribution in [0.2, 0.25) is 0 Å². The Hall–Kier alpha value is -2.01. The van der Waals surface area contributed by atoms with Crippen LogP contribution in [-0.2, 0) is 0 Å². The SMILES string of the molecule is Cc1cccc(-n2nc(C(N)=S)c(=O)cc2C)c1. The van der Waals surface area contributed by atoms with Crippen molar-refractivity contribution in [3.8, 4) is 5.69 Å². The van der Waals surface area contributed by atoms with E-state index in [0.717, 1.165) is 16.9 Å². The molecule has 0 spiro atoms. The molecule has 0 atom stereocenters. The molecular formula is C13H13N3OS.